The first-order valence-corrected chi connectivity index (χ1v) is 5.71. The Labute approximate surface area is 90.4 Å². The maximum atomic E-state index is 5.73. The molecule has 2 aromatic heterocycles. The van der Waals surface area contributed by atoms with Gasteiger partial charge in [-0.05, 0) is 47.3 Å². The van der Waals surface area contributed by atoms with E-state index in [1.165, 1.54) is 23.8 Å². The molecule has 0 unspecified atom stereocenters. The van der Waals surface area contributed by atoms with Crippen molar-refractivity contribution in [2.24, 2.45) is 0 Å². The van der Waals surface area contributed by atoms with Crippen LogP contribution in [0.5, 0.6) is 0 Å². The van der Waals surface area contributed by atoms with Crippen LogP contribution in [0.25, 0.3) is 11.1 Å². The molecule has 0 radical (unpaired) electrons. The quantitative estimate of drug-likeness (QED) is 0.671. The van der Waals surface area contributed by atoms with Crippen LogP contribution in [-0.2, 0) is 12.8 Å². The van der Waals surface area contributed by atoms with Gasteiger partial charge in [0.1, 0.15) is 10.4 Å². The van der Waals surface area contributed by atoms with Gasteiger partial charge in [-0.2, -0.15) is 0 Å². The van der Waals surface area contributed by atoms with Crippen molar-refractivity contribution in [3.63, 3.8) is 0 Å². The molecule has 0 aliphatic heterocycles. The molecule has 0 saturated heterocycles. The molecule has 0 atom stereocenters. The topological polar surface area (TPSA) is 26.0 Å². The van der Waals surface area contributed by atoms with Crippen molar-refractivity contribution in [3.8, 4) is 0 Å². The maximum Gasteiger partial charge on any atom is 0.227 e. The highest BCUT2D eigenvalue weighted by molar-refractivity contribution is 9.10. The summed E-state index contributed by atoms with van der Waals surface area (Å²) in [5.41, 5.74) is 2.16. The van der Waals surface area contributed by atoms with E-state index in [-0.39, 0.29) is 0 Å². The van der Waals surface area contributed by atoms with Crippen LogP contribution in [0.2, 0.25) is 0 Å². The van der Waals surface area contributed by atoms with Crippen molar-refractivity contribution >= 4 is 27.0 Å². The minimum absolute atomic E-state index is 0.784. The fourth-order valence-corrected chi connectivity index (χ4v) is 2.41. The van der Waals surface area contributed by atoms with E-state index >= 15 is 0 Å². The minimum Gasteiger partial charge on any atom is -0.442 e. The van der Waals surface area contributed by atoms with Crippen molar-refractivity contribution in [2.75, 3.05) is 0 Å². The molecule has 0 saturated carbocycles. The molecule has 72 valence electrons. The lowest BCUT2D eigenvalue weighted by Gasteiger charge is -2.07. The Kier molecular flexibility index (Phi) is 1.87. The standard InChI is InChI=1S/C11H10BrNO/c12-10-6-5-8-7-3-1-2-4-9(7)14-11(8)13-10/h5-6H,1-4H2. The average Bonchev–Trinajstić information content (AvgIpc) is 2.54. The first-order valence-electron chi connectivity index (χ1n) is 4.91. The van der Waals surface area contributed by atoms with Crippen molar-refractivity contribution in [3.05, 3.63) is 28.1 Å². The Morgan fingerprint density at radius 3 is 3.00 bits per heavy atom. The third-order valence-electron chi connectivity index (χ3n) is 2.79. The molecule has 14 heavy (non-hydrogen) atoms. The third kappa shape index (κ3) is 1.19. The summed E-state index contributed by atoms with van der Waals surface area (Å²) >= 11 is 3.35. The second kappa shape index (κ2) is 3.09. The molecule has 0 bridgehead atoms. The van der Waals surface area contributed by atoms with Crippen LogP contribution < -0.4 is 0 Å². The van der Waals surface area contributed by atoms with Gasteiger partial charge < -0.3 is 4.42 Å². The Balaban J connectivity index is 2.31. The van der Waals surface area contributed by atoms with E-state index in [9.17, 15) is 0 Å². The Bertz CT molecular complexity index is 489. The smallest absolute Gasteiger partial charge is 0.227 e. The first kappa shape index (κ1) is 8.48. The zero-order valence-corrected chi connectivity index (χ0v) is 9.30. The zero-order chi connectivity index (χ0) is 9.54. The number of aryl methyl sites for hydroxylation is 2. The molecule has 3 heteroatoms. The Hall–Kier alpha value is -0.830. The SMILES string of the molecule is Brc1ccc2c3c(oc2n1)CCCC3. The minimum atomic E-state index is 0.784. The van der Waals surface area contributed by atoms with Gasteiger partial charge in [-0.25, -0.2) is 4.98 Å². The lowest BCUT2D eigenvalue weighted by Crippen LogP contribution is -1.98. The van der Waals surface area contributed by atoms with Crippen molar-refractivity contribution in [1.29, 1.82) is 0 Å². The summed E-state index contributed by atoms with van der Waals surface area (Å²) in [4.78, 5) is 4.33. The number of halogens is 1. The molecule has 1 aliphatic rings. The highest BCUT2D eigenvalue weighted by Gasteiger charge is 2.18. The molecule has 2 aromatic rings. The molecule has 0 spiro atoms. The van der Waals surface area contributed by atoms with Gasteiger partial charge >= 0.3 is 0 Å². The lowest BCUT2D eigenvalue weighted by atomic mass is 9.97. The number of pyridine rings is 1. The van der Waals surface area contributed by atoms with Crippen LogP contribution >= 0.6 is 15.9 Å². The Morgan fingerprint density at radius 2 is 2.07 bits per heavy atom. The van der Waals surface area contributed by atoms with Crippen molar-refractivity contribution in [2.45, 2.75) is 25.7 Å². The highest BCUT2D eigenvalue weighted by Crippen LogP contribution is 2.31. The summed E-state index contributed by atoms with van der Waals surface area (Å²) in [6.07, 6.45) is 4.74. The number of hydrogen-bond acceptors (Lipinski definition) is 2. The molecular weight excluding hydrogens is 242 g/mol. The van der Waals surface area contributed by atoms with E-state index in [1.807, 2.05) is 6.07 Å². The molecule has 2 nitrogen and oxygen atoms in total. The van der Waals surface area contributed by atoms with E-state index < -0.39 is 0 Å². The van der Waals surface area contributed by atoms with Gasteiger partial charge in [0.2, 0.25) is 5.71 Å². The number of hydrogen-bond donors (Lipinski definition) is 0. The maximum absolute atomic E-state index is 5.73. The predicted octanol–water partition coefficient (Wildman–Crippen LogP) is 3.47. The van der Waals surface area contributed by atoms with Gasteiger partial charge in [0, 0.05) is 17.4 Å². The van der Waals surface area contributed by atoms with Gasteiger partial charge in [-0.15, -0.1) is 0 Å². The summed E-state index contributed by atoms with van der Waals surface area (Å²) < 4.78 is 6.57. The Morgan fingerprint density at radius 1 is 1.21 bits per heavy atom. The number of rotatable bonds is 0. The summed E-state index contributed by atoms with van der Waals surface area (Å²) in [5.74, 6) is 1.15. The van der Waals surface area contributed by atoms with Crippen LogP contribution in [0.15, 0.2) is 21.2 Å². The van der Waals surface area contributed by atoms with Gasteiger partial charge in [0.05, 0.1) is 0 Å². The summed E-state index contributed by atoms with van der Waals surface area (Å²) in [7, 11) is 0. The molecule has 0 N–H and O–H groups in total. The highest BCUT2D eigenvalue weighted by atomic mass is 79.9. The number of nitrogens with zero attached hydrogens (tertiary/aromatic N) is 1. The molecule has 2 heterocycles. The third-order valence-corrected chi connectivity index (χ3v) is 3.23. The van der Waals surface area contributed by atoms with E-state index in [2.05, 4.69) is 27.0 Å². The predicted molar refractivity (Wildman–Crippen MR) is 58.4 cm³/mol. The van der Waals surface area contributed by atoms with Crippen LogP contribution in [0.1, 0.15) is 24.2 Å². The summed E-state index contributed by atoms with van der Waals surface area (Å²) in [5, 5.41) is 1.20. The van der Waals surface area contributed by atoms with E-state index in [4.69, 9.17) is 4.42 Å². The van der Waals surface area contributed by atoms with Crippen molar-refractivity contribution < 1.29 is 4.42 Å². The number of fused-ring (bicyclic) bond motifs is 3. The van der Waals surface area contributed by atoms with Crippen LogP contribution in [-0.4, -0.2) is 4.98 Å². The first-order chi connectivity index (χ1) is 6.84. The molecule has 0 amide bonds. The van der Waals surface area contributed by atoms with Crippen LogP contribution in [0, 0.1) is 0 Å². The van der Waals surface area contributed by atoms with E-state index in [1.54, 1.807) is 0 Å². The molecule has 0 fully saturated rings. The summed E-state index contributed by atoms with van der Waals surface area (Å²) in [6.45, 7) is 0. The van der Waals surface area contributed by atoms with Gasteiger partial charge in [0.25, 0.3) is 0 Å². The number of aromatic nitrogens is 1. The normalized spacial score (nSPS) is 15.8. The summed E-state index contributed by atoms with van der Waals surface area (Å²) in [6, 6.07) is 4.08. The van der Waals surface area contributed by atoms with Gasteiger partial charge in [0.15, 0.2) is 0 Å². The van der Waals surface area contributed by atoms with E-state index in [0.717, 1.165) is 28.9 Å². The monoisotopic (exact) mass is 251 g/mol. The van der Waals surface area contributed by atoms with Gasteiger partial charge in [-0.1, -0.05) is 0 Å². The van der Waals surface area contributed by atoms with E-state index in [0.29, 0.717) is 0 Å². The molecule has 3 rings (SSSR count). The number of furan rings is 1. The zero-order valence-electron chi connectivity index (χ0n) is 7.72. The fourth-order valence-electron chi connectivity index (χ4n) is 2.12. The molecule has 1 aliphatic carbocycles. The fraction of sp³-hybridized carbons (Fsp3) is 0.364. The largest absolute Gasteiger partial charge is 0.442 e. The molecule has 0 aromatic carbocycles. The van der Waals surface area contributed by atoms with Gasteiger partial charge in [-0.3, -0.25) is 0 Å². The second-order valence-corrected chi connectivity index (χ2v) is 4.51. The lowest BCUT2D eigenvalue weighted by molar-refractivity contribution is 0.499. The average molecular weight is 252 g/mol. The van der Waals surface area contributed by atoms with Crippen LogP contribution in [0.4, 0.5) is 0 Å². The van der Waals surface area contributed by atoms with Crippen LogP contribution in [0.3, 0.4) is 0 Å². The molecular formula is C11H10BrNO. The second-order valence-electron chi connectivity index (χ2n) is 3.70. The van der Waals surface area contributed by atoms with Crippen molar-refractivity contribution in [1.82, 2.24) is 4.98 Å².